The molecule has 1 N–H and O–H groups in total. The van der Waals surface area contributed by atoms with E-state index in [1.807, 2.05) is 11.6 Å². The number of aromatic nitrogens is 2. The van der Waals surface area contributed by atoms with Gasteiger partial charge in [0.15, 0.2) is 0 Å². The highest BCUT2D eigenvalue weighted by Crippen LogP contribution is 2.36. The van der Waals surface area contributed by atoms with Gasteiger partial charge in [-0.25, -0.2) is 4.79 Å². The Hall–Kier alpha value is -1.32. The molecule has 1 fully saturated rings. The standard InChI is InChI=1S/C14H22N2O2/c1-8-5-9(2)7-12(6-8)16-11(4)13(14(17)18)10(3)15-16/h8-9,12H,5-7H2,1-4H3,(H,17,18). The predicted octanol–water partition coefficient (Wildman–Crippen LogP) is 3.20. The first kappa shape index (κ1) is 13.1. The lowest BCUT2D eigenvalue weighted by Gasteiger charge is -2.32. The van der Waals surface area contributed by atoms with Gasteiger partial charge in [-0.3, -0.25) is 4.68 Å². The van der Waals surface area contributed by atoms with Crippen LogP contribution in [-0.2, 0) is 0 Å². The lowest BCUT2D eigenvalue weighted by molar-refractivity contribution is 0.0695. The number of rotatable bonds is 2. The van der Waals surface area contributed by atoms with E-state index in [9.17, 15) is 9.90 Å². The first-order valence-electron chi connectivity index (χ1n) is 6.69. The SMILES string of the molecule is Cc1nn(C2CC(C)CC(C)C2)c(C)c1C(=O)O. The number of carboxylic acids is 1. The van der Waals surface area contributed by atoms with Gasteiger partial charge < -0.3 is 5.11 Å². The Bertz CT molecular complexity index is 455. The number of hydrogen-bond acceptors (Lipinski definition) is 2. The minimum Gasteiger partial charge on any atom is -0.478 e. The van der Waals surface area contributed by atoms with Crippen molar-refractivity contribution in [1.82, 2.24) is 9.78 Å². The third kappa shape index (κ3) is 2.28. The normalized spacial score (nSPS) is 28.3. The summed E-state index contributed by atoms with van der Waals surface area (Å²) in [5, 5.41) is 13.7. The zero-order valence-corrected chi connectivity index (χ0v) is 11.6. The fourth-order valence-corrected chi connectivity index (χ4v) is 3.43. The van der Waals surface area contributed by atoms with Gasteiger partial charge >= 0.3 is 5.97 Å². The highest BCUT2D eigenvalue weighted by Gasteiger charge is 2.28. The van der Waals surface area contributed by atoms with Gasteiger partial charge in [0.1, 0.15) is 5.56 Å². The number of hydrogen-bond donors (Lipinski definition) is 1. The Labute approximate surface area is 108 Å². The van der Waals surface area contributed by atoms with E-state index < -0.39 is 5.97 Å². The van der Waals surface area contributed by atoms with E-state index in [1.165, 1.54) is 6.42 Å². The average Bonchev–Trinajstić information content (AvgIpc) is 2.52. The molecule has 4 heteroatoms. The molecule has 100 valence electrons. The largest absolute Gasteiger partial charge is 0.478 e. The first-order chi connectivity index (χ1) is 8.40. The van der Waals surface area contributed by atoms with E-state index in [2.05, 4.69) is 18.9 Å². The molecule has 0 spiro atoms. The Morgan fingerprint density at radius 1 is 1.22 bits per heavy atom. The first-order valence-corrected chi connectivity index (χ1v) is 6.69. The summed E-state index contributed by atoms with van der Waals surface area (Å²) < 4.78 is 1.95. The number of aryl methyl sites for hydroxylation is 1. The third-order valence-corrected chi connectivity index (χ3v) is 4.04. The second-order valence-corrected chi connectivity index (χ2v) is 5.87. The fourth-order valence-electron chi connectivity index (χ4n) is 3.43. The van der Waals surface area contributed by atoms with E-state index in [-0.39, 0.29) is 0 Å². The minimum atomic E-state index is -0.867. The molecule has 0 bridgehead atoms. The molecule has 2 unspecified atom stereocenters. The van der Waals surface area contributed by atoms with Crippen LogP contribution in [0.25, 0.3) is 0 Å². The maximum atomic E-state index is 11.2. The summed E-state index contributed by atoms with van der Waals surface area (Å²) in [5.41, 5.74) is 1.80. The topological polar surface area (TPSA) is 55.1 Å². The van der Waals surface area contributed by atoms with Crippen molar-refractivity contribution in [2.45, 2.75) is 53.0 Å². The van der Waals surface area contributed by atoms with E-state index in [0.717, 1.165) is 18.5 Å². The highest BCUT2D eigenvalue weighted by molar-refractivity contribution is 5.90. The van der Waals surface area contributed by atoms with E-state index in [1.54, 1.807) is 6.92 Å². The van der Waals surface area contributed by atoms with E-state index >= 15 is 0 Å². The van der Waals surface area contributed by atoms with Crippen LogP contribution >= 0.6 is 0 Å². The lowest BCUT2D eigenvalue weighted by Crippen LogP contribution is -2.24. The zero-order chi connectivity index (χ0) is 13.4. The van der Waals surface area contributed by atoms with Crippen LogP contribution in [0.2, 0.25) is 0 Å². The van der Waals surface area contributed by atoms with Crippen LogP contribution in [0.15, 0.2) is 0 Å². The number of carbonyl (C=O) groups is 1. The van der Waals surface area contributed by atoms with Crippen LogP contribution in [-0.4, -0.2) is 20.9 Å². The predicted molar refractivity (Wildman–Crippen MR) is 69.9 cm³/mol. The summed E-state index contributed by atoms with van der Waals surface area (Å²) in [5.74, 6) is 0.514. The van der Waals surface area contributed by atoms with Crippen molar-refractivity contribution in [3.8, 4) is 0 Å². The molecule has 0 saturated heterocycles. The van der Waals surface area contributed by atoms with Gasteiger partial charge in [-0.05, 0) is 44.9 Å². The molecule has 1 aromatic rings. The van der Waals surface area contributed by atoms with E-state index in [0.29, 0.717) is 29.1 Å². The number of nitrogens with zero attached hydrogens (tertiary/aromatic N) is 2. The average molecular weight is 250 g/mol. The maximum Gasteiger partial charge on any atom is 0.339 e. The Morgan fingerprint density at radius 2 is 1.78 bits per heavy atom. The molecular weight excluding hydrogens is 228 g/mol. The smallest absolute Gasteiger partial charge is 0.339 e. The van der Waals surface area contributed by atoms with Gasteiger partial charge in [0.25, 0.3) is 0 Å². The van der Waals surface area contributed by atoms with Gasteiger partial charge in [-0.15, -0.1) is 0 Å². The van der Waals surface area contributed by atoms with Crippen LogP contribution < -0.4 is 0 Å². The van der Waals surface area contributed by atoms with Gasteiger partial charge in [0.2, 0.25) is 0 Å². The summed E-state index contributed by atoms with van der Waals surface area (Å²) >= 11 is 0. The molecule has 2 rings (SSSR count). The molecule has 1 aliphatic carbocycles. The molecule has 1 saturated carbocycles. The Kier molecular flexibility index (Phi) is 3.46. The van der Waals surface area contributed by atoms with Crippen molar-refractivity contribution < 1.29 is 9.90 Å². The molecular formula is C14H22N2O2. The van der Waals surface area contributed by atoms with Crippen molar-refractivity contribution in [3.05, 3.63) is 17.0 Å². The van der Waals surface area contributed by atoms with Gasteiger partial charge in [0, 0.05) is 0 Å². The van der Waals surface area contributed by atoms with E-state index in [4.69, 9.17) is 0 Å². The number of carboxylic acid groups (broad SMARTS) is 1. The van der Waals surface area contributed by atoms with Crippen molar-refractivity contribution in [1.29, 1.82) is 0 Å². The van der Waals surface area contributed by atoms with Gasteiger partial charge in [-0.2, -0.15) is 5.10 Å². The molecule has 18 heavy (non-hydrogen) atoms. The summed E-state index contributed by atoms with van der Waals surface area (Å²) in [6.07, 6.45) is 3.47. The molecule has 0 aliphatic heterocycles. The highest BCUT2D eigenvalue weighted by atomic mass is 16.4. The van der Waals surface area contributed by atoms with Crippen molar-refractivity contribution in [3.63, 3.8) is 0 Å². The molecule has 4 nitrogen and oxygen atoms in total. The van der Waals surface area contributed by atoms with Crippen LogP contribution in [0.5, 0.6) is 0 Å². The third-order valence-electron chi connectivity index (χ3n) is 4.04. The van der Waals surface area contributed by atoms with Crippen LogP contribution in [0.1, 0.15) is 60.9 Å². The minimum absolute atomic E-state index is 0.357. The maximum absolute atomic E-state index is 11.2. The van der Waals surface area contributed by atoms with Crippen LogP contribution in [0, 0.1) is 25.7 Å². The van der Waals surface area contributed by atoms with Gasteiger partial charge in [-0.1, -0.05) is 13.8 Å². The van der Waals surface area contributed by atoms with Crippen molar-refractivity contribution in [2.75, 3.05) is 0 Å². The molecule has 2 atom stereocenters. The summed E-state index contributed by atoms with van der Waals surface area (Å²) in [7, 11) is 0. The molecule has 1 aliphatic rings. The molecule has 0 amide bonds. The van der Waals surface area contributed by atoms with Crippen molar-refractivity contribution in [2.24, 2.45) is 11.8 Å². The lowest BCUT2D eigenvalue weighted by atomic mass is 9.80. The molecule has 0 radical (unpaired) electrons. The monoisotopic (exact) mass is 250 g/mol. The molecule has 1 heterocycles. The van der Waals surface area contributed by atoms with Crippen LogP contribution in [0.4, 0.5) is 0 Å². The summed E-state index contributed by atoms with van der Waals surface area (Å²) in [6.45, 7) is 8.19. The molecule has 1 aromatic heterocycles. The summed E-state index contributed by atoms with van der Waals surface area (Å²) in [4.78, 5) is 11.2. The van der Waals surface area contributed by atoms with Crippen LogP contribution in [0.3, 0.4) is 0 Å². The zero-order valence-electron chi connectivity index (χ0n) is 11.6. The Balaban J connectivity index is 2.34. The summed E-state index contributed by atoms with van der Waals surface area (Å²) in [6, 6.07) is 0.357. The quantitative estimate of drug-likeness (QED) is 0.877. The second-order valence-electron chi connectivity index (χ2n) is 5.87. The van der Waals surface area contributed by atoms with Gasteiger partial charge in [0.05, 0.1) is 17.4 Å². The van der Waals surface area contributed by atoms with Crippen molar-refractivity contribution >= 4 is 5.97 Å². The second kappa shape index (κ2) is 4.75. The molecule has 0 aromatic carbocycles. The fraction of sp³-hybridized carbons (Fsp3) is 0.714. The number of aromatic carboxylic acids is 1. The Morgan fingerprint density at radius 3 is 2.22 bits per heavy atom.